The molecule has 0 spiro atoms. The monoisotopic (exact) mass is 818 g/mol. The normalized spacial score (nSPS) is 11.2. The van der Waals surface area contributed by atoms with E-state index in [0.717, 1.165) is 16.4 Å². The molecule has 0 fully saturated rings. The number of nitrogens with one attached hydrogen (secondary N) is 1. The average molecular weight is 819 g/mol. The Labute approximate surface area is 318 Å². The summed E-state index contributed by atoms with van der Waals surface area (Å²) in [5.41, 5.74) is 3.70. The SMILES string of the molecule is C=CS(=O)(=O)N(Cc1ccc(-c2nnc(C(F)F)o2)cc1)c1ccccc1.C=CS(=O)(=O)Nc1ccccc1.FC(F)c1nnc(-c2ccc(CCl)cc2)o1. The summed E-state index contributed by atoms with van der Waals surface area (Å²) in [4.78, 5) is 0. The third-order valence-corrected chi connectivity index (χ3v) is 9.60. The van der Waals surface area contributed by atoms with Crippen LogP contribution in [0, 0.1) is 0 Å². The third-order valence-electron chi connectivity index (χ3n) is 6.95. The molecule has 2 aromatic heterocycles. The Bertz CT molecular complexity index is 2350. The number of para-hydroxylation sites is 2. The first-order chi connectivity index (χ1) is 26.2. The van der Waals surface area contributed by atoms with Crippen LogP contribution >= 0.6 is 11.6 Å². The van der Waals surface area contributed by atoms with Crippen LogP contribution < -0.4 is 9.03 Å². The number of anilines is 2. The molecule has 0 saturated heterocycles. The number of benzene rings is 4. The highest BCUT2D eigenvalue weighted by Crippen LogP contribution is 2.26. The molecule has 6 rings (SSSR count). The van der Waals surface area contributed by atoms with Crippen molar-refractivity contribution in [2.45, 2.75) is 25.3 Å². The van der Waals surface area contributed by atoms with Gasteiger partial charge in [-0.1, -0.05) is 73.8 Å². The van der Waals surface area contributed by atoms with E-state index in [4.69, 9.17) is 20.4 Å². The predicted octanol–water partition coefficient (Wildman–Crippen LogP) is 9.14. The maximum Gasteiger partial charge on any atom is 0.314 e. The molecule has 0 aliphatic heterocycles. The summed E-state index contributed by atoms with van der Waals surface area (Å²) in [6.45, 7) is 6.62. The fourth-order valence-electron chi connectivity index (χ4n) is 4.26. The topological polar surface area (TPSA) is 161 Å². The van der Waals surface area contributed by atoms with E-state index in [0.29, 0.717) is 33.9 Å². The quantitative estimate of drug-likeness (QED) is 0.0879. The van der Waals surface area contributed by atoms with Gasteiger partial charge in [-0.05, 0) is 59.7 Å². The molecule has 0 saturated carbocycles. The molecule has 0 amide bonds. The van der Waals surface area contributed by atoms with E-state index in [1.54, 1.807) is 103 Å². The van der Waals surface area contributed by atoms with Crippen LogP contribution in [-0.2, 0) is 32.5 Å². The first kappa shape index (κ1) is 41.9. The second kappa shape index (κ2) is 19.5. The van der Waals surface area contributed by atoms with Crippen LogP contribution in [-0.4, -0.2) is 37.2 Å². The van der Waals surface area contributed by atoms with Gasteiger partial charge in [-0.2, -0.15) is 17.6 Å². The van der Waals surface area contributed by atoms with Crippen molar-refractivity contribution in [2.24, 2.45) is 0 Å². The molecule has 55 heavy (non-hydrogen) atoms. The van der Waals surface area contributed by atoms with Crippen molar-refractivity contribution >= 4 is 43.0 Å². The zero-order valence-electron chi connectivity index (χ0n) is 28.4. The zero-order valence-corrected chi connectivity index (χ0v) is 30.8. The molecule has 12 nitrogen and oxygen atoms in total. The second-order valence-corrected chi connectivity index (χ2v) is 14.5. The Balaban J connectivity index is 0.000000203. The summed E-state index contributed by atoms with van der Waals surface area (Å²) in [5.74, 6) is -0.975. The lowest BCUT2D eigenvalue weighted by molar-refractivity contribution is 0.115. The standard InChI is InChI=1S/C18H15F2N3O3S.C10H7ClF2N2O.C8H9NO2S/c1-2-27(24,25)23(15-6-4-3-5-7-15)12-13-8-10-14(11-9-13)17-21-22-18(26-17)16(19)20;11-5-6-1-3-7(4-2-6)9-14-15-10(16-9)8(12)13;1-2-12(10,11)9-8-6-4-3-5-7-8/h2-11,16H,1,12H2;1-4,8H,5H2;2-7,9H,1H2. The number of alkyl halides is 5. The highest BCUT2D eigenvalue weighted by Gasteiger charge is 2.21. The molecule has 0 radical (unpaired) electrons. The Kier molecular flexibility index (Phi) is 14.8. The fourth-order valence-corrected chi connectivity index (χ4v) is 5.91. The van der Waals surface area contributed by atoms with E-state index in [-0.39, 0.29) is 18.3 Å². The molecule has 0 aliphatic rings. The van der Waals surface area contributed by atoms with Gasteiger partial charge in [-0.3, -0.25) is 9.03 Å². The Morgan fingerprint density at radius 2 is 1.11 bits per heavy atom. The summed E-state index contributed by atoms with van der Waals surface area (Å²) in [5, 5.41) is 15.4. The lowest BCUT2D eigenvalue weighted by Gasteiger charge is -2.22. The van der Waals surface area contributed by atoms with Gasteiger partial charge in [0.1, 0.15) is 0 Å². The molecule has 6 aromatic rings. The molecule has 0 unspecified atom stereocenters. The van der Waals surface area contributed by atoms with E-state index in [9.17, 15) is 34.4 Å². The number of halogens is 5. The van der Waals surface area contributed by atoms with Gasteiger partial charge < -0.3 is 8.83 Å². The summed E-state index contributed by atoms with van der Waals surface area (Å²) < 4.78 is 109. The van der Waals surface area contributed by atoms with Crippen molar-refractivity contribution in [3.05, 3.63) is 156 Å². The molecule has 4 aromatic carbocycles. The van der Waals surface area contributed by atoms with Crippen LogP contribution in [0.1, 0.15) is 35.8 Å². The molecule has 0 aliphatic carbocycles. The zero-order chi connectivity index (χ0) is 40.0. The van der Waals surface area contributed by atoms with Gasteiger partial charge in [0.2, 0.25) is 11.8 Å². The second-order valence-electron chi connectivity index (χ2n) is 10.8. The van der Waals surface area contributed by atoms with Crippen LogP contribution in [0.3, 0.4) is 0 Å². The van der Waals surface area contributed by atoms with Gasteiger partial charge in [0.25, 0.3) is 31.8 Å². The van der Waals surface area contributed by atoms with Gasteiger partial charge in [0.15, 0.2) is 0 Å². The molecular weight excluding hydrogens is 788 g/mol. The Morgan fingerprint density at radius 1 is 0.655 bits per heavy atom. The molecule has 19 heteroatoms. The van der Waals surface area contributed by atoms with E-state index >= 15 is 0 Å². The molecule has 0 atom stereocenters. The van der Waals surface area contributed by atoms with Gasteiger partial charge >= 0.3 is 12.9 Å². The number of hydrogen-bond acceptors (Lipinski definition) is 10. The van der Waals surface area contributed by atoms with Crippen molar-refractivity contribution in [1.82, 2.24) is 20.4 Å². The lowest BCUT2D eigenvalue weighted by atomic mass is 10.1. The minimum absolute atomic E-state index is 0.0320. The molecule has 288 valence electrons. The van der Waals surface area contributed by atoms with Gasteiger partial charge in [-0.15, -0.1) is 32.0 Å². The number of sulfonamides is 2. The maximum absolute atomic E-state index is 12.5. The summed E-state index contributed by atoms with van der Waals surface area (Å²) in [6, 6.07) is 30.7. The van der Waals surface area contributed by atoms with Crippen LogP contribution in [0.15, 0.2) is 142 Å². The van der Waals surface area contributed by atoms with Crippen LogP contribution in [0.2, 0.25) is 0 Å². The third kappa shape index (κ3) is 12.3. The van der Waals surface area contributed by atoms with Crippen molar-refractivity contribution in [2.75, 3.05) is 9.03 Å². The molecular formula is C36H31ClF4N6O6S2. The predicted molar refractivity (Wildman–Crippen MR) is 200 cm³/mol. The fraction of sp³-hybridized carbons (Fsp3) is 0.111. The van der Waals surface area contributed by atoms with Crippen molar-refractivity contribution < 1.29 is 43.2 Å². The van der Waals surface area contributed by atoms with Crippen LogP contribution in [0.25, 0.3) is 22.9 Å². The molecule has 2 heterocycles. The van der Waals surface area contributed by atoms with Crippen LogP contribution in [0.5, 0.6) is 0 Å². The van der Waals surface area contributed by atoms with E-state index < -0.39 is 44.7 Å². The van der Waals surface area contributed by atoms with Gasteiger partial charge in [0, 0.05) is 33.5 Å². The van der Waals surface area contributed by atoms with Crippen LogP contribution in [0.4, 0.5) is 28.9 Å². The lowest BCUT2D eigenvalue weighted by Crippen LogP contribution is -2.28. The highest BCUT2D eigenvalue weighted by atomic mass is 35.5. The summed E-state index contributed by atoms with van der Waals surface area (Å²) >= 11 is 5.62. The minimum Gasteiger partial charge on any atom is -0.415 e. The van der Waals surface area contributed by atoms with E-state index in [2.05, 4.69) is 38.3 Å². The van der Waals surface area contributed by atoms with Gasteiger partial charge in [0.05, 0.1) is 12.2 Å². The van der Waals surface area contributed by atoms with Crippen molar-refractivity contribution in [1.29, 1.82) is 0 Å². The van der Waals surface area contributed by atoms with Crippen molar-refractivity contribution in [3.63, 3.8) is 0 Å². The molecule has 0 bridgehead atoms. The maximum atomic E-state index is 12.5. The largest absolute Gasteiger partial charge is 0.415 e. The van der Waals surface area contributed by atoms with E-state index in [1.165, 1.54) is 4.31 Å². The van der Waals surface area contributed by atoms with Crippen molar-refractivity contribution in [3.8, 4) is 22.9 Å². The number of nitrogens with zero attached hydrogens (tertiary/aromatic N) is 5. The Morgan fingerprint density at radius 3 is 1.51 bits per heavy atom. The van der Waals surface area contributed by atoms with E-state index in [1.807, 2.05) is 6.07 Å². The Hall–Kier alpha value is -5.85. The number of aromatic nitrogens is 4. The smallest absolute Gasteiger partial charge is 0.314 e. The first-order valence-electron chi connectivity index (χ1n) is 15.6. The van der Waals surface area contributed by atoms with Gasteiger partial charge in [-0.25, -0.2) is 16.8 Å². The average Bonchev–Trinajstić information content (AvgIpc) is 3.90. The number of rotatable bonds is 13. The summed E-state index contributed by atoms with van der Waals surface area (Å²) in [7, 11) is -7.07. The summed E-state index contributed by atoms with van der Waals surface area (Å²) in [6.07, 6.45) is -5.59. The molecule has 1 N–H and O–H groups in total. The minimum atomic E-state index is -3.71. The highest BCUT2D eigenvalue weighted by molar-refractivity contribution is 7.95. The number of hydrogen-bond donors (Lipinski definition) is 1. The first-order valence-corrected chi connectivity index (χ1v) is 19.2.